The predicted octanol–water partition coefficient (Wildman–Crippen LogP) is 1.66. The van der Waals surface area contributed by atoms with E-state index in [9.17, 15) is 14.0 Å². The number of benzene rings is 1. The highest BCUT2D eigenvalue weighted by Crippen LogP contribution is 2.25. The van der Waals surface area contributed by atoms with Crippen molar-refractivity contribution in [3.8, 4) is 0 Å². The van der Waals surface area contributed by atoms with Crippen LogP contribution in [-0.4, -0.2) is 42.4 Å². The van der Waals surface area contributed by atoms with Gasteiger partial charge in [0.25, 0.3) is 0 Å². The van der Waals surface area contributed by atoms with Crippen LogP contribution in [0.3, 0.4) is 0 Å². The monoisotopic (exact) mass is 371 g/mol. The number of aryl methyl sites for hydroxylation is 1. The van der Waals surface area contributed by atoms with Crippen molar-refractivity contribution >= 4 is 23.5 Å². The standard InChI is InChI=1S/C19H22FN5O2/c1-12-8-15(23-19(22-12)24(2)3)10-21-18(27)13-9-17(26)25(11-13)16-6-4-14(20)5-7-16/h4-8,13H,9-11H2,1-3H3,(H,21,27). The van der Waals surface area contributed by atoms with Gasteiger partial charge in [0, 0.05) is 38.4 Å². The van der Waals surface area contributed by atoms with Gasteiger partial charge in [-0.3, -0.25) is 9.59 Å². The molecule has 8 heteroatoms. The summed E-state index contributed by atoms with van der Waals surface area (Å²) >= 11 is 0. The van der Waals surface area contributed by atoms with Gasteiger partial charge in [-0.1, -0.05) is 0 Å². The Kier molecular flexibility index (Phi) is 5.34. The molecular weight excluding hydrogens is 349 g/mol. The van der Waals surface area contributed by atoms with Gasteiger partial charge in [0.1, 0.15) is 5.82 Å². The van der Waals surface area contributed by atoms with Crippen LogP contribution in [0.2, 0.25) is 0 Å². The Morgan fingerprint density at radius 3 is 2.67 bits per heavy atom. The molecule has 27 heavy (non-hydrogen) atoms. The van der Waals surface area contributed by atoms with Crippen LogP contribution in [-0.2, 0) is 16.1 Å². The van der Waals surface area contributed by atoms with Crippen molar-refractivity contribution in [2.45, 2.75) is 19.9 Å². The summed E-state index contributed by atoms with van der Waals surface area (Å²) in [6.45, 7) is 2.42. The fourth-order valence-electron chi connectivity index (χ4n) is 2.98. The zero-order valence-corrected chi connectivity index (χ0v) is 15.6. The summed E-state index contributed by atoms with van der Waals surface area (Å²) in [6, 6.07) is 7.50. The van der Waals surface area contributed by atoms with Crippen molar-refractivity contribution in [1.29, 1.82) is 0 Å². The molecule has 0 aliphatic carbocycles. The zero-order chi connectivity index (χ0) is 19.6. The molecule has 1 unspecified atom stereocenters. The molecule has 1 saturated heterocycles. The molecule has 0 radical (unpaired) electrons. The van der Waals surface area contributed by atoms with Crippen molar-refractivity contribution in [3.05, 3.63) is 47.5 Å². The minimum absolute atomic E-state index is 0.134. The lowest BCUT2D eigenvalue weighted by atomic mass is 10.1. The van der Waals surface area contributed by atoms with Crippen LogP contribution in [0.4, 0.5) is 16.0 Å². The number of rotatable bonds is 5. The summed E-state index contributed by atoms with van der Waals surface area (Å²) < 4.78 is 13.1. The quantitative estimate of drug-likeness (QED) is 0.865. The van der Waals surface area contributed by atoms with E-state index in [1.165, 1.54) is 17.0 Å². The van der Waals surface area contributed by atoms with Crippen LogP contribution in [0.15, 0.2) is 30.3 Å². The number of nitrogens with one attached hydrogen (secondary N) is 1. The number of aromatic nitrogens is 2. The van der Waals surface area contributed by atoms with Gasteiger partial charge in [-0.2, -0.15) is 0 Å². The Hall–Kier alpha value is -3.03. The fraction of sp³-hybridized carbons (Fsp3) is 0.368. The highest BCUT2D eigenvalue weighted by Gasteiger charge is 2.35. The van der Waals surface area contributed by atoms with Crippen molar-refractivity contribution < 1.29 is 14.0 Å². The van der Waals surface area contributed by atoms with Gasteiger partial charge in [-0.15, -0.1) is 0 Å². The number of hydrogen-bond acceptors (Lipinski definition) is 5. The predicted molar refractivity (Wildman–Crippen MR) is 99.8 cm³/mol. The lowest BCUT2D eigenvalue weighted by molar-refractivity contribution is -0.126. The molecule has 1 aromatic carbocycles. The number of halogens is 1. The number of anilines is 2. The lowest BCUT2D eigenvalue weighted by Crippen LogP contribution is -2.33. The highest BCUT2D eigenvalue weighted by atomic mass is 19.1. The molecule has 0 saturated carbocycles. The van der Waals surface area contributed by atoms with Crippen molar-refractivity contribution in [2.24, 2.45) is 5.92 Å². The third-order valence-corrected chi connectivity index (χ3v) is 4.37. The van der Waals surface area contributed by atoms with E-state index in [1.54, 1.807) is 17.0 Å². The molecule has 1 fully saturated rings. The summed E-state index contributed by atoms with van der Waals surface area (Å²) in [4.78, 5) is 36.8. The number of amides is 2. The average molecular weight is 371 g/mol. The number of hydrogen-bond donors (Lipinski definition) is 1. The first-order valence-electron chi connectivity index (χ1n) is 8.69. The molecule has 1 aliphatic rings. The van der Waals surface area contributed by atoms with Gasteiger partial charge < -0.3 is 15.1 Å². The number of carbonyl (C=O) groups is 2. The second-order valence-corrected chi connectivity index (χ2v) is 6.79. The summed E-state index contributed by atoms with van der Waals surface area (Å²) in [6.07, 6.45) is 0.134. The van der Waals surface area contributed by atoms with Crippen LogP contribution in [0.5, 0.6) is 0 Å². The van der Waals surface area contributed by atoms with E-state index in [4.69, 9.17) is 0 Å². The molecule has 142 valence electrons. The second kappa shape index (κ2) is 7.69. The minimum atomic E-state index is -0.446. The Morgan fingerprint density at radius 2 is 2.00 bits per heavy atom. The van der Waals surface area contributed by atoms with E-state index in [1.807, 2.05) is 27.1 Å². The molecule has 2 aromatic rings. The van der Waals surface area contributed by atoms with Crippen molar-refractivity contribution in [1.82, 2.24) is 15.3 Å². The molecule has 3 rings (SSSR count). The third kappa shape index (κ3) is 4.39. The molecular formula is C19H22FN5O2. The van der Waals surface area contributed by atoms with Crippen molar-refractivity contribution in [3.63, 3.8) is 0 Å². The first-order chi connectivity index (χ1) is 12.8. The Bertz CT molecular complexity index is 854. The van der Waals surface area contributed by atoms with E-state index in [0.29, 0.717) is 17.3 Å². The van der Waals surface area contributed by atoms with E-state index in [-0.39, 0.29) is 37.1 Å². The number of nitrogens with zero attached hydrogens (tertiary/aromatic N) is 4. The summed E-state index contributed by atoms with van der Waals surface area (Å²) in [7, 11) is 3.70. The van der Waals surface area contributed by atoms with Gasteiger partial charge in [-0.05, 0) is 37.3 Å². The highest BCUT2D eigenvalue weighted by molar-refractivity contribution is 6.00. The SMILES string of the molecule is Cc1cc(CNC(=O)C2CC(=O)N(c3ccc(F)cc3)C2)nc(N(C)C)n1. The maximum atomic E-state index is 13.1. The molecule has 7 nitrogen and oxygen atoms in total. The van der Waals surface area contributed by atoms with Gasteiger partial charge in [0.15, 0.2) is 0 Å². The van der Waals surface area contributed by atoms with Crippen LogP contribution in [0.1, 0.15) is 17.8 Å². The largest absolute Gasteiger partial charge is 0.350 e. The minimum Gasteiger partial charge on any atom is -0.350 e. The maximum Gasteiger partial charge on any atom is 0.227 e. The first kappa shape index (κ1) is 18.8. The molecule has 1 N–H and O–H groups in total. The Balaban J connectivity index is 1.62. The van der Waals surface area contributed by atoms with Crippen molar-refractivity contribution in [2.75, 3.05) is 30.4 Å². The third-order valence-electron chi connectivity index (χ3n) is 4.37. The van der Waals surface area contributed by atoms with E-state index in [2.05, 4.69) is 15.3 Å². The van der Waals surface area contributed by atoms with Gasteiger partial charge in [-0.25, -0.2) is 14.4 Å². The molecule has 0 bridgehead atoms. The van der Waals surface area contributed by atoms with E-state index >= 15 is 0 Å². The lowest BCUT2D eigenvalue weighted by Gasteiger charge is -2.17. The van der Waals surface area contributed by atoms with Crippen LogP contribution < -0.4 is 15.1 Å². The average Bonchev–Trinajstić information content (AvgIpc) is 3.01. The molecule has 1 aliphatic heterocycles. The van der Waals surface area contributed by atoms with Gasteiger partial charge >= 0.3 is 0 Å². The molecule has 2 heterocycles. The number of carbonyl (C=O) groups excluding carboxylic acids is 2. The molecule has 1 atom stereocenters. The van der Waals surface area contributed by atoms with E-state index < -0.39 is 5.92 Å². The second-order valence-electron chi connectivity index (χ2n) is 6.79. The zero-order valence-electron chi connectivity index (χ0n) is 15.6. The summed E-state index contributed by atoms with van der Waals surface area (Å²) in [5.74, 6) is -0.571. The Morgan fingerprint density at radius 1 is 1.30 bits per heavy atom. The smallest absolute Gasteiger partial charge is 0.227 e. The van der Waals surface area contributed by atoms with Crippen LogP contribution >= 0.6 is 0 Å². The normalized spacial score (nSPS) is 16.5. The molecule has 1 aromatic heterocycles. The van der Waals surface area contributed by atoms with Crippen LogP contribution in [0, 0.1) is 18.7 Å². The van der Waals surface area contributed by atoms with E-state index in [0.717, 1.165) is 5.69 Å². The molecule has 0 spiro atoms. The van der Waals surface area contributed by atoms with Gasteiger partial charge in [0.05, 0.1) is 18.2 Å². The topological polar surface area (TPSA) is 78.4 Å². The summed E-state index contributed by atoms with van der Waals surface area (Å²) in [5.41, 5.74) is 2.12. The fourth-order valence-corrected chi connectivity index (χ4v) is 2.98. The first-order valence-corrected chi connectivity index (χ1v) is 8.69. The Labute approximate surface area is 157 Å². The maximum absolute atomic E-state index is 13.1. The van der Waals surface area contributed by atoms with Crippen LogP contribution in [0.25, 0.3) is 0 Å². The molecule has 2 amide bonds. The summed E-state index contributed by atoms with van der Waals surface area (Å²) in [5, 5.41) is 2.85. The van der Waals surface area contributed by atoms with Gasteiger partial charge in [0.2, 0.25) is 17.8 Å².